The second kappa shape index (κ2) is 8.42. The number of morpholine rings is 1. The van der Waals surface area contributed by atoms with Crippen molar-refractivity contribution in [2.75, 3.05) is 36.5 Å². The van der Waals surface area contributed by atoms with Gasteiger partial charge in [-0.3, -0.25) is 4.98 Å². The van der Waals surface area contributed by atoms with E-state index in [1.165, 1.54) is 0 Å². The van der Waals surface area contributed by atoms with E-state index >= 15 is 0 Å². The van der Waals surface area contributed by atoms with E-state index in [-0.39, 0.29) is 0 Å². The Morgan fingerprint density at radius 1 is 0.933 bits per heavy atom. The number of pyridine rings is 2. The number of hydrogen-bond acceptors (Lipinski definition) is 7. The minimum absolute atomic E-state index is 0.619. The number of fused-ring (bicyclic) bond motifs is 1. The Bertz CT molecular complexity index is 1140. The third kappa shape index (κ3) is 3.79. The van der Waals surface area contributed by atoms with Gasteiger partial charge in [0.2, 0.25) is 0 Å². The highest BCUT2D eigenvalue weighted by molar-refractivity contribution is 5.90. The maximum Gasteiger partial charge on any atom is 0.163 e. The zero-order chi connectivity index (χ0) is 20.2. The molecule has 30 heavy (non-hydrogen) atoms. The van der Waals surface area contributed by atoms with Crippen LogP contribution in [0.2, 0.25) is 0 Å². The molecule has 4 heterocycles. The SMILES string of the molecule is c1cncc(-c2nc(NCc3cccnc3N3CCOCC3)c3ccccc3n2)c1. The summed E-state index contributed by atoms with van der Waals surface area (Å²) in [6.45, 7) is 3.79. The van der Waals surface area contributed by atoms with Crippen LogP contribution >= 0.6 is 0 Å². The number of hydrogen-bond donors (Lipinski definition) is 1. The number of nitrogens with one attached hydrogen (secondary N) is 1. The van der Waals surface area contributed by atoms with Crippen molar-refractivity contribution < 1.29 is 4.74 Å². The van der Waals surface area contributed by atoms with E-state index in [0.29, 0.717) is 12.4 Å². The van der Waals surface area contributed by atoms with Gasteiger partial charge in [-0.05, 0) is 30.3 Å². The number of anilines is 2. The molecular formula is C23H22N6O. The summed E-state index contributed by atoms with van der Waals surface area (Å²) in [5, 5.41) is 4.51. The van der Waals surface area contributed by atoms with E-state index in [2.05, 4.69) is 26.3 Å². The van der Waals surface area contributed by atoms with E-state index in [1.807, 2.05) is 48.7 Å². The summed E-state index contributed by atoms with van der Waals surface area (Å²) in [6, 6.07) is 16.0. The van der Waals surface area contributed by atoms with Crippen molar-refractivity contribution >= 4 is 22.5 Å². The molecule has 1 N–H and O–H groups in total. The fraction of sp³-hybridized carbons (Fsp3) is 0.217. The van der Waals surface area contributed by atoms with Crippen molar-refractivity contribution in [1.82, 2.24) is 19.9 Å². The van der Waals surface area contributed by atoms with Gasteiger partial charge in [0.05, 0.1) is 18.7 Å². The molecule has 0 unspecified atom stereocenters. The van der Waals surface area contributed by atoms with Crippen LogP contribution in [-0.2, 0) is 11.3 Å². The van der Waals surface area contributed by atoms with Crippen molar-refractivity contribution in [1.29, 1.82) is 0 Å². The van der Waals surface area contributed by atoms with Crippen LogP contribution in [0.5, 0.6) is 0 Å². The molecule has 0 spiro atoms. The molecular weight excluding hydrogens is 376 g/mol. The van der Waals surface area contributed by atoms with E-state index in [1.54, 1.807) is 12.4 Å². The van der Waals surface area contributed by atoms with Crippen molar-refractivity contribution in [2.45, 2.75) is 6.54 Å². The van der Waals surface area contributed by atoms with Crippen LogP contribution in [0.15, 0.2) is 67.1 Å². The van der Waals surface area contributed by atoms with Gasteiger partial charge in [-0.25, -0.2) is 15.0 Å². The molecule has 7 heteroatoms. The summed E-state index contributed by atoms with van der Waals surface area (Å²) in [5.74, 6) is 2.46. The lowest BCUT2D eigenvalue weighted by atomic mass is 10.2. The second-order valence-corrected chi connectivity index (χ2v) is 7.09. The van der Waals surface area contributed by atoms with Crippen LogP contribution in [0.1, 0.15) is 5.56 Å². The number of nitrogens with zero attached hydrogens (tertiary/aromatic N) is 5. The highest BCUT2D eigenvalue weighted by Crippen LogP contribution is 2.26. The Balaban J connectivity index is 1.48. The molecule has 0 bridgehead atoms. The summed E-state index contributed by atoms with van der Waals surface area (Å²) in [7, 11) is 0. The van der Waals surface area contributed by atoms with E-state index in [4.69, 9.17) is 14.7 Å². The summed E-state index contributed by atoms with van der Waals surface area (Å²) >= 11 is 0. The smallest absolute Gasteiger partial charge is 0.163 e. The average Bonchev–Trinajstić information content (AvgIpc) is 2.83. The normalized spacial score (nSPS) is 14.1. The Hall–Kier alpha value is -3.58. The van der Waals surface area contributed by atoms with Gasteiger partial charge in [-0.15, -0.1) is 0 Å². The summed E-state index contributed by atoms with van der Waals surface area (Å²) in [4.78, 5) is 20.7. The van der Waals surface area contributed by atoms with Crippen molar-refractivity contribution in [2.24, 2.45) is 0 Å². The summed E-state index contributed by atoms with van der Waals surface area (Å²) in [6.07, 6.45) is 5.37. The second-order valence-electron chi connectivity index (χ2n) is 7.09. The van der Waals surface area contributed by atoms with Gasteiger partial charge in [0, 0.05) is 54.7 Å². The highest BCUT2D eigenvalue weighted by Gasteiger charge is 2.16. The molecule has 4 aromatic rings. The fourth-order valence-electron chi connectivity index (χ4n) is 3.64. The molecule has 0 saturated carbocycles. The molecule has 1 fully saturated rings. The van der Waals surface area contributed by atoms with Crippen LogP contribution in [0.4, 0.5) is 11.6 Å². The van der Waals surface area contributed by atoms with Gasteiger partial charge in [0.1, 0.15) is 11.6 Å². The number of ether oxygens (including phenoxy) is 1. The van der Waals surface area contributed by atoms with Crippen LogP contribution in [0.25, 0.3) is 22.3 Å². The Labute approximate surface area is 174 Å². The summed E-state index contributed by atoms with van der Waals surface area (Å²) in [5.41, 5.74) is 2.92. The number of benzene rings is 1. The fourth-order valence-corrected chi connectivity index (χ4v) is 3.64. The zero-order valence-corrected chi connectivity index (χ0v) is 16.5. The quantitative estimate of drug-likeness (QED) is 0.551. The number of aromatic nitrogens is 4. The number of para-hydroxylation sites is 1. The Morgan fingerprint density at radius 3 is 2.67 bits per heavy atom. The lowest BCUT2D eigenvalue weighted by Crippen LogP contribution is -2.37. The van der Waals surface area contributed by atoms with Crippen LogP contribution in [-0.4, -0.2) is 46.2 Å². The minimum atomic E-state index is 0.619. The van der Waals surface area contributed by atoms with Crippen LogP contribution in [0.3, 0.4) is 0 Å². The molecule has 0 radical (unpaired) electrons. The van der Waals surface area contributed by atoms with Crippen LogP contribution in [0, 0.1) is 0 Å². The van der Waals surface area contributed by atoms with E-state index in [0.717, 1.165) is 60.0 Å². The third-order valence-electron chi connectivity index (χ3n) is 5.15. The molecule has 0 amide bonds. The molecule has 1 aliphatic heterocycles. The zero-order valence-electron chi connectivity index (χ0n) is 16.5. The van der Waals surface area contributed by atoms with Gasteiger partial charge in [-0.2, -0.15) is 0 Å². The van der Waals surface area contributed by atoms with Gasteiger partial charge in [-0.1, -0.05) is 18.2 Å². The molecule has 1 aromatic carbocycles. The molecule has 150 valence electrons. The third-order valence-corrected chi connectivity index (χ3v) is 5.15. The van der Waals surface area contributed by atoms with Gasteiger partial charge < -0.3 is 15.0 Å². The standard InChI is InChI=1S/C23H22N6O/c1-2-8-20-19(7-1)22(28-21(27-20)17-5-3-9-24-15-17)26-16-18-6-4-10-25-23(18)29-11-13-30-14-12-29/h1-10,15H,11-14,16H2,(H,26,27,28). The first-order valence-electron chi connectivity index (χ1n) is 10.1. The average molecular weight is 398 g/mol. The minimum Gasteiger partial charge on any atom is -0.378 e. The van der Waals surface area contributed by atoms with Crippen LogP contribution < -0.4 is 10.2 Å². The molecule has 0 atom stereocenters. The van der Waals surface area contributed by atoms with Gasteiger partial charge in [0.15, 0.2) is 5.82 Å². The van der Waals surface area contributed by atoms with Gasteiger partial charge >= 0.3 is 0 Å². The molecule has 5 rings (SSSR count). The van der Waals surface area contributed by atoms with E-state index in [9.17, 15) is 0 Å². The highest BCUT2D eigenvalue weighted by atomic mass is 16.5. The largest absolute Gasteiger partial charge is 0.378 e. The Kier molecular flexibility index (Phi) is 5.18. The molecule has 7 nitrogen and oxygen atoms in total. The van der Waals surface area contributed by atoms with Crippen molar-refractivity contribution in [3.8, 4) is 11.4 Å². The lowest BCUT2D eigenvalue weighted by Gasteiger charge is -2.29. The maximum absolute atomic E-state index is 5.49. The number of rotatable bonds is 5. The molecule has 3 aromatic heterocycles. The monoisotopic (exact) mass is 398 g/mol. The predicted octanol–water partition coefficient (Wildman–Crippen LogP) is 3.54. The molecule has 1 aliphatic rings. The first-order valence-corrected chi connectivity index (χ1v) is 10.1. The Morgan fingerprint density at radius 2 is 1.80 bits per heavy atom. The van der Waals surface area contributed by atoms with Crippen molar-refractivity contribution in [3.05, 3.63) is 72.7 Å². The topological polar surface area (TPSA) is 76.1 Å². The maximum atomic E-state index is 5.49. The first kappa shape index (κ1) is 18.4. The predicted molar refractivity (Wildman–Crippen MR) is 117 cm³/mol. The molecule has 1 saturated heterocycles. The lowest BCUT2D eigenvalue weighted by molar-refractivity contribution is 0.122. The molecule has 0 aliphatic carbocycles. The first-order chi connectivity index (χ1) is 14.9. The summed E-state index contributed by atoms with van der Waals surface area (Å²) < 4.78 is 5.49. The van der Waals surface area contributed by atoms with E-state index < -0.39 is 0 Å². The van der Waals surface area contributed by atoms with Crippen molar-refractivity contribution in [3.63, 3.8) is 0 Å². The van der Waals surface area contributed by atoms with Gasteiger partial charge in [0.25, 0.3) is 0 Å².